The second kappa shape index (κ2) is 5.60. The molecule has 2 atom stereocenters. The van der Waals surface area contributed by atoms with Gasteiger partial charge in [0.05, 0.1) is 24.4 Å². The number of methoxy groups -OCH3 is 1. The number of rotatable bonds is 2. The van der Waals surface area contributed by atoms with Crippen molar-refractivity contribution in [1.82, 2.24) is 14.9 Å². The van der Waals surface area contributed by atoms with E-state index in [4.69, 9.17) is 4.74 Å². The van der Waals surface area contributed by atoms with Crippen LogP contribution in [0, 0.1) is 0 Å². The highest BCUT2D eigenvalue weighted by molar-refractivity contribution is 9.10. The average Bonchev–Trinajstić information content (AvgIpc) is 2.89. The maximum Gasteiger partial charge on any atom is 0.255 e. The van der Waals surface area contributed by atoms with Crippen molar-refractivity contribution >= 4 is 21.8 Å². The van der Waals surface area contributed by atoms with Crippen LogP contribution in [-0.2, 0) is 6.42 Å². The lowest BCUT2D eigenvalue weighted by molar-refractivity contribution is 0.0642. The van der Waals surface area contributed by atoms with Gasteiger partial charge in [0.2, 0.25) is 0 Å². The number of nitrogens with zero attached hydrogens (tertiary/aromatic N) is 3. The smallest absolute Gasteiger partial charge is 0.255 e. The molecule has 0 radical (unpaired) electrons. The number of aromatic nitrogens is 2. The van der Waals surface area contributed by atoms with Gasteiger partial charge in [-0.1, -0.05) is 0 Å². The lowest BCUT2D eigenvalue weighted by atomic mass is 9.98. The number of ether oxygens (including phenoxy) is 1. The molecule has 5 nitrogen and oxygen atoms in total. The summed E-state index contributed by atoms with van der Waals surface area (Å²) in [6.07, 6.45) is 6.23. The Bertz CT molecular complexity index is 780. The van der Waals surface area contributed by atoms with Gasteiger partial charge in [0.15, 0.2) is 0 Å². The van der Waals surface area contributed by atoms with E-state index in [0.717, 1.165) is 35.0 Å². The van der Waals surface area contributed by atoms with E-state index < -0.39 is 0 Å². The number of fused-ring (bicyclic) bond motifs is 4. The van der Waals surface area contributed by atoms with Crippen molar-refractivity contribution in [3.63, 3.8) is 0 Å². The maximum atomic E-state index is 13.2. The molecule has 0 aliphatic carbocycles. The molecule has 118 valence electrons. The summed E-state index contributed by atoms with van der Waals surface area (Å²) in [4.78, 5) is 23.7. The zero-order valence-electron chi connectivity index (χ0n) is 12.7. The van der Waals surface area contributed by atoms with Gasteiger partial charge in [0.1, 0.15) is 12.1 Å². The van der Waals surface area contributed by atoms with Crippen molar-refractivity contribution < 1.29 is 9.53 Å². The Morgan fingerprint density at radius 2 is 2.26 bits per heavy atom. The highest BCUT2D eigenvalue weighted by Gasteiger charge is 2.43. The van der Waals surface area contributed by atoms with Gasteiger partial charge in [0, 0.05) is 28.7 Å². The van der Waals surface area contributed by atoms with Crippen LogP contribution >= 0.6 is 15.9 Å². The normalized spacial score (nSPS) is 21.9. The highest BCUT2D eigenvalue weighted by atomic mass is 79.9. The Hall–Kier alpha value is -1.95. The van der Waals surface area contributed by atoms with Crippen molar-refractivity contribution in [3.8, 4) is 5.75 Å². The molecule has 0 spiro atoms. The molecule has 2 aliphatic rings. The summed E-state index contributed by atoms with van der Waals surface area (Å²) >= 11 is 3.49. The molecule has 1 amide bonds. The molecule has 1 aromatic carbocycles. The second-order valence-corrected chi connectivity index (χ2v) is 6.79. The Balaban J connectivity index is 1.73. The number of halogens is 1. The monoisotopic (exact) mass is 373 g/mol. The number of amides is 1. The summed E-state index contributed by atoms with van der Waals surface area (Å²) in [7, 11) is 1.61. The fourth-order valence-electron chi connectivity index (χ4n) is 3.67. The highest BCUT2D eigenvalue weighted by Crippen LogP contribution is 2.44. The van der Waals surface area contributed by atoms with Crippen LogP contribution in [0.15, 0.2) is 35.2 Å². The molecule has 0 saturated carbocycles. The van der Waals surface area contributed by atoms with Gasteiger partial charge in [-0.25, -0.2) is 9.97 Å². The van der Waals surface area contributed by atoms with E-state index in [2.05, 4.69) is 25.9 Å². The van der Waals surface area contributed by atoms with Gasteiger partial charge in [-0.05, 0) is 47.0 Å². The molecule has 2 bridgehead atoms. The van der Waals surface area contributed by atoms with Gasteiger partial charge in [-0.15, -0.1) is 0 Å². The van der Waals surface area contributed by atoms with E-state index in [1.54, 1.807) is 19.5 Å². The van der Waals surface area contributed by atoms with Crippen molar-refractivity contribution in [3.05, 3.63) is 52.0 Å². The van der Waals surface area contributed by atoms with Gasteiger partial charge in [-0.2, -0.15) is 0 Å². The Kier molecular flexibility index (Phi) is 3.56. The summed E-state index contributed by atoms with van der Waals surface area (Å²) in [6.45, 7) is 0. The van der Waals surface area contributed by atoms with Crippen molar-refractivity contribution in [2.75, 3.05) is 7.11 Å². The summed E-state index contributed by atoms with van der Waals surface area (Å²) in [5.74, 6) is 0.724. The van der Waals surface area contributed by atoms with Crippen LogP contribution < -0.4 is 4.74 Å². The Morgan fingerprint density at radius 1 is 1.39 bits per heavy atom. The largest absolute Gasteiger partial charge is 0.497 e. The van der Waals surface area contributed by atoms with Crippen LogP contribution in [-0.4, -0.2) is 33.9 Å². The molecule has 2 aliphatic heterocycles. The van der Waals surface area contributed by atoms with Crippen LogP contribution in [0.4, 0.5) is 0 Å². The molecule has 3 heterocycles. The second-order valence-electron chi connectivity index (χ2n) is 5.93. The number of hydrogen-bond acceptors (Lipinski definition) is 4. The Labute approximate surface area is 142 Å². The predicted octanol–water partition coefficient (Wildman–Crippen LogP) is 3.15. The number of hydrogen-bond donors (Lipinski definition) is 0. The van der Waals surface area contributed by atoms with Gasteiger partial charge in [0.25, 0.3) is 5.91 Å². The third-order valence-electron chi connectivity index (χ3n) is 4.76. The van der Waals surface area contributed by atoms with E-state index in [1.807, 2.05) is 23.2 Å². The summed E-state index contributed by atoms with van der Waals surface area (Å²) in [5, 5.41) is 0. The maximum absolute atomic E-state index is 13.2. The minimum Gasteiger partial charge on any atom is -0.497 e. The molecule has 2 unspecified atom stereocenters. The zero-order valence-corrected chi connectivity index (χ0v) is 14.3. The fourth-order valence-corrected chi connectivity index (χ4v) is 4.08. The van der Waals surface area contributed by atoms with Crippen LogP contribution in [0.5, 0.6) is 5.75 Å². The molecule has 6 heteroatoms. The van der Waals surface area contributed by atoms with Crippen LogP contribution in [0.1, 0.15) is 40.5 Å². The molecular formula is C17H16BrN3O2. The van der Waals surface area contributed by atoms with Gasteiger partial charge >= 0.3 is 0 Å². The first-order chi connectivity index (χ1) is 11.2. The lowest BCUT2D eigenvalue weighted by Crippen LogP contribution is -2.42. The average molecular weight is 374 g/mol. The predicted molar refractivity (Wildman–Crippen MR) is 88.4 cm³/mol. The molecule has 1 saturated heterocycles. The summed E-state index contributed by atoms with van der Waals surface area (Å²) < 4.78 is 6.05. The van der Waals surface area contributed by atoms with Crippen LogP contribution in [0.25, 0.3) is 0 Å². The fraction of sp³-hybridized carbons (Fsp3) is 0.353. The molecule has 0 N–H and O–H groups in total. The van der Waals surface area contributed by atoms with Crippen LogP contribution in [0.2, 0.25) is 0 Å². The SMILES string of the molecule is COc1ccc(Br)c(C(=O)N2C3CCC2c2cncnc2C3)c1. The van der Waals surface area contributed by atoms with E-state index in [-0.39, 0.29) is 18.0 Å². The lowest BCUT2D eigenvalue weighted by Gasteiger charge is -2.35. The Morgan fingerprint density at radius 3 is 3.09 bits per heavy atom. The van der Waals surface area contributed by atoms with E-state index in [0.29, 0.717) is 11.3 Å². The van der Waals surface area contributed by atoms with E-state index >= 15 is 0 Å². The third kappa shape index (κ3) is 2.32. The number of benzene rings is 1. The van der Waals surface area contributed by atoms with E-state index in [9.17, 15) is 4.79 Å². The number of carbonyl (C=O) groups excluding carboxylic acids is 1. The first kappa shape index (κ1) is 14.6. The topological polar surface area (TPSA) is 55.3 Å². The first-order valence-corrected chi connectivity index (χ1v) is 8.43. The van der Waals surface area contributed by atoms with Crippen molar-refractivity contribution in [2.45, 2.75) is 31.3 Å². The van der Waals surface area contributed by atoms with Gasteiger partial charge < -0.3 is 9.64 Å². The quantitative estimate of drug-likeness (QED) is 0.811. The molecule has 1 aromatic heterocycles. The molecular weight excluding hydrogens is 358 g/mol. The zero-order chi connectivity index (χ0) is 16.0. The minimum atomic E-state index is 0.0396. The molecule has 23 heavy (non-hydrogen) atoms. The number of carbonyl (C=O) groups is 1. The van der Waals surface area contributed by atoms with Crippen LogP contribution in [0.3, 0.4) is 0 Å². The summed E-state index contributed by atoms with van der Waals surface area (Å²) in [6, 6.07) is 5.79. The standard InChI is InChI=1S/C17H16BrN3O2/c1-23-11-3-4-14(18)12(7-11)17(22)21-10-2-5-16(21)13-8-19-9-20-15(13)6-10/h3-4,7-10,16H,2,5-6H2,1H3. The molecule has 4 rings (SSSR count). The minimum absolute atomic E-state index is 0.0396. The van der Waals surface area contributed by atoms with Crippen molar-refractivity contribution in [2.24, 2.45) is 0 Å². The molecule has 1 fully saturated rings. The first-order valence-electron chi connectivity index (χ1n) is 7.64. The van der Waals surface area contributed by atoms with Gasteiger partial charge in [-0.3, -0.25) is 4.79 Å². The van der Waals surface area contributed by atoms with E-state index in [1.165, 1.54) is 0 Å². The summed E-state index contributed by atoms with van der Waals surface area (Å²) in [5.41, 5.74) is 2.82. The molecule has 2 aromatic rings. The van der Waals surface area contributed by atoms with Crippen molar-refractivity contribution in [1.29, 1.82) is 0 Å². The third-order valence-corrected chi connectivity index (χ3v) is 5.45.